The highest BCUT2D eigenvalue weighted by molar-refractivity contribution is 7.92. The Bertz CT molecular complexity index is 3680. The Labute approximate surface area is 370 Å². The molecule has 0 radical (unpaired) electrons. The zero-order valence-corrected chi connectivity index (χ0v) is 35.0. The number of aromatic nitrogens is 4. The summed E-state index contributed by atoms with van der Waals surface area (Å²) < 4.78 is 29.1. The van der Waals surface area contributed by atoms with Gasteiger partial charge in [0.25, 0.3) is 0 Å². The Morgan fingerprint density at radius 1 is 0.359 bits per heavy atom. The van der Waals surface area contributed by atoms with E-state index in [4.69, 9.17) is 15.0 Å². The van der Waals surface area contributed by atoms with Gasteiger partial charge in [0.1, 0.15) is 0 Å². The molecule has 3 aromatic heterocycles. The van der Waals surface area contributed by atoms with Crippen molar-refractivity contribution in [2.24, 2.45) is 0 Å². The molecule has 1 atom stereocenters. The summed E-state index contributed by atoms with van der Waals surface area (Å²) in [5, 5.41) is 0. The number of hydrogen-bond donors (Lipinski definition) is 0. The van der Waals surface area contributed by atoms with E-state index in [1.807, 2.05) is 79.1 Å². The van der Waals surface area contributed by atoms with Gasteiger partial charge in [-0.2, -0.15) is 0 Å². The molecular weight excluding hydrogens is 805 g/mol. The molecule has 0 saturated carbocycles. The van der Waals surface area contributed by atoms with Crippen molar-refractivity contribution in [2.75, 3.05) is 0 Å². The van der Waals surface area contributed by atoms with Gasteiger partial charge >= 0.3 is 0 Å². The van der Waals surface area contributed by atoms with E-state index in [-0.39, 0.29) is 0 Å². The summed E-state index contributed by atoms with van der Waals surface area (Å²) in [7, 11) is -3.81. The fourth-order valence-corrected chi connectivity index (χ4v) is 12.1. The molecule has 300 valence electrons. The average Bonchev–Trinajstić information content (AvgIpc) is 3.73. The zero-order valence-electron chi connectivity index (χ0n) is 34.1. The highest BCUT2D eigenvalue weighted by Crippen LogP contribution is 2.63. The van der Waals surface area contributed by atoms with Crippen molar-refractivity contribution in [3.05, 3.63) is 229 Å². The first-order chi connectivity index (χ1) is 31.5. The number of fused-ring (bicyclic) bond motifs is 15. The summed E-state index contributed by atoms with van der Waals surface area (Å²) in [5.41, 5.74) is 17.1. The molecule has 1 unspecified atom stereocenters. The van der Waals surface area contributed by atoms with Crippen LogP contribution in [0.4, 0.5) is 0 Å². The van der Waals surface area contributed by atoms with Crippen LogP contribution < -0.4 is 0 Å². The van der Waals surface area contributed by atoms with E-state index in [0.29, 0.717) is 15.6 Å². The molecule has 1 spiro atoms. The third kappa shape index (κ3) is 5.16. The van der Waals surface area contributed by atoms with Crippen molar-refractivity contribution < 1.29 is 8.42 Å². The van der Waals surface area contributed by atoms with Gasteiger partial charge in [0.05, 0.1) is 32.3 Å². The van der Waals surface area contributed by atoms with Gasteiger partial charge < -0.3 is 0 Å². The molecule has 3 aliphatic rings. The molecule has 10 aromatic rings. The van der Waals surface area contributed by atoms with E-state index in [1.165, 1.54) is 0 Å². The first-order valence-electron chi connectivity index (χ1n) is 21.3. The van der Waals surface area contributed by atoms with Crippen LogP contribution in [0.1, 0.15) is 22.3 Å². The van der Waals surface area contributed by atoms with E-state index < -0.39 is 15.3 Å². The number of nitrogens with zero attached hydrogens (tertiary/aromatic N) is 4. The molecule has 1 aliphatic heterocycles. The normalized spacial score (nSPS) is 15.5. The fourth-order valence-electron chi connectivity index (χ4n) is 10.4. The van der Waals surface area contributed by atoms with Crippen molar-refractivity contribution in [3.8, 4) is 89.7 Å². The Morgan fingerprint density at radius 3 is 1.64 bits per heavy atom. The van der Waals surface area contributed by atoms with Gasteiger partial charge in [-0.3, -0.25) is 9.97 Å². The lowest BCUT2D eigenvalue weighted by Gasteiger charge is -2.35. The lowest BCUT2D eigenvalue weighted by Crippen LogP contribution is -2.29. The third-order valence-corrected chi connectivity index (χ3v) is 15.1. The van der Waals surface area contributed by atoms with Crippen LogP contribution in [0.3, 0.4) is 0 Å². The molecule has 0 N–H and O–H groups in total. The summed E-state index contributed by atoms with van der Waals surface area (Å²) in [6, 6.07) is 64.0. The van der Waals surface area contributed by atoms with E-state index in [9.17, 15) is 8.42 Å². The van der Waals surface area contributed by atoms with Gasteiger partial charge in [-0.1, -0.05) is 133 Å². The Kier molecular flexibility index (Phi) is 7.81. The summed E-state index contributed by atoms with van der Waals surface area (Å²) in [4.78, 5) is 20.4. The largest absolute Gasteiger partial charge is 0.264 e. The molecule has 6 nitrogen and oxygen atoms in total. The van der Waals surface area contributed by atoms with E-state index in [2.05, 4.69) is 114 Å². The summed E-state index contributed by atoms with van der Waals surface area (Å²) >= 11 is 0. The quantitative estimate of drug-likeness (QED) is 0.175. The van der Waals surface area contributed by atoms with E-state index >= 15 is 0 Å². The predicted molar refractivity (Wildman–Crippen MR) is 252 cm³/mol. The van der Waals surface area contributed by atoms with Crippen molar-refractivity contribution in [2.45, 2.75) is 15.2 Å². The van der Waals surface area contributed by atoms with E-state index in [1.54, 1.807) is 18.3 Å². The van der Waals surface area contributed by atoms with Gasteiger partial charge in [0.15, 0.2) is 5.82 Å². The molecule has 7 heteroatoms. The average molecular weight is 839 g/mol. The second-order valence-corrected chi connectivity index (χ2v) is 18.4. The molecule has 64 heavy (non-hydrogen) atoms. The van der Waals surface area contributed by atoms with Crippen molar-refractivity contribution in [1.82, 2.24) is 19.9 Å². The SMILES string of the molecule is O=S1(=O)c2ccccc2-c2cc3c(cc21)C1(c2ccccc2-c2ccccc2-c2ccc(-c4nc(-c5ccccc5)cc(-c5ccc(-c6cccnc6)nc5)n4)cc21)c1ccccc1-3. The van der Waals surface area contributed by atoms with Gasteiger partial charge in [-0.25, -0.2) is 18.4 Å². The maximum Gasteiger partial charge on any atom is 0.207 e. The van der Waals surface area contributed by atoms with Crippen LogP contribution in [-0.4, -0.2) is 28.4 Å². The minimum Gasteiger partial charge on any atom is -0.264 e. The van der Waals surface area contributed by atoms with Crippen LogP contribution in [0.15, 0.2) is 216 Å². The monoisotopic (exact) mass is 838 g/mol. The van der Waals surface area contributed by atoms with Crippen LogP contribution >= 0.6 is 0 Å². The van der Waals surface area contributed by atoms with Crippen molar-refractivity contribution in [3.63, 3.8) is 0 Å². The lowest BCUT2D eigenvalue weighted by atomic mass is 9.65. The number of sulfone groups is 1. The van der Waals surface area contributed by atoms with Crippen LogP contribution in [-0.2, 0) is 15.3 Å². The van der Waals surface area contributed by atoms with Crippen LogP contribution in [0.2, 0.25) is 0 Å². The molecular formula is C57H34N4O2S. The van der Waals surface area contributed by atoms with Crippen molar-refractivity contribution in [1.29, 1.82) is 0 Å². The summed E-state index contributed by atoms with van der Waals surface area (Å²) in [6.45, 7) is 0. The van der Waals surface area contributed by atoms with Gasteiger partial charge in [-0.15, -0.1) is 0 Å². The second-order valence-electron chi connectivity index (χ2n) is 16.5. The minimum absolute atomic E-state index is 0.336. The predicted octanol–water partition coefficient (Wildman–Crippen LogP) is 12.8. The van der Waals surface area contributed by atoms with Crippen molar-refractivity contribution >= 4 is 9.84 Å². The molecule has 0 bridgehead atoms. The van der Waals surface area contributed by atoms with Crippen LogP contribution in [0.25, 0.3) is 89.7 Å². The smallest absolute Gasteiger partial charge is 0.207 e. The van der Waals surface area contributed by atoms with E-state index in [0.717, 1.165) is 106 Å². The van der Waals surface area contributed by atoms with Gasteiger partial charge in [-0.05, 0) is 110 Å². The Balaban J connectivity index is 1.10. The fraction of sp³-hybridized carbons (Fsp3) is 0.0175. The summed E-state index contributed by atoms with van der Waals surface area (Å²) in [6.07, 6.45) is 5.43. The third-order valence-electron chi connectivity index (χ3n) is 13.2. The molecule has 0 amide bonds. The number of pyridine rings is 2. The molecule has 7 aromatic carbocycles. The topological polar surface area (TPSA) is 85.7 Å². The lowest BCUT2D eigenvalue weighted by molar-refractivity contribution is 0.598. The standard InChI is InChI=1S/C57H34N4O2S/c62-64(63)54-23-11-8-20-44(54)46-30-45-42-19-7-10-22-48(42)57(50(45)31-55(46)64)47-21-9-6-18-41(47)39-16-4-5-17-40(39)43-26-24-36(29-49(43)57)56-60-52(35-13-2-1-3-14-35)32-53(61-56)38-25-27-51(59-34-38)37-15-12-28-58-33-37/h1-34H. The Morgan fingerprint density at radius 2 is 0.938 bits per heavy atom. The maximum absolute atomic E-state index is 14.6. The number of benzene rings is 7. The summed E-state index contributed by atoms with van der Waals surface area (Å²) in [5.74, 6) is 0.565. The molecule has 0 fully saturated rings. The first kappa shape index (κ1) is 36.5. The van der Waals surface area contributed by atoms with Gasteiger partial charge in [0, 0.05) is 52.0 Å². The number of hydrogen-bond acceptors (Lipinski definition) is 6. The van der Waals surface area contributed by atoms with Crippen LogP contribution in [0.5, 0.6) is 0 Å². The van der Waals surface area contributed by atoms with Crippen LogP contribution in [0, 0.1) is 0 Å². The molecule has 2 aliphatic carbocycles. The molecule has 4 heterocycles. The van der Waals surface area contributed by atoms with Gasteiger partial charge in [0.2, 0.25) is 9.84 Å². The second kappa shape index (κ2) is 13.7. The first-order valence-corrected chi connectivity index (χ1v) is 22.8. The minimum atomic E-state index is -3.81. The molecule has 0 saturated heterocycles. The zero-order chi connectivity index (χ0) is 42.6. The number of rotatable bonds is 4. The maximum atomic E-state index is 14.6. The highest BCUT2D eigenvalue weighted by Gasteiger charge is 2.51. The molecule has 13 rings (SSSR count). The highest BCUT2D eigenvalue weighted by atomic mass is 32.2. The Hall–Kier alpha value is -8.13.